The van der Waals surface area contributed by atoms with Gasteiger partial charge in [0.2, 0.25) is 0 Å². The molecule has 2 aromatic carbocycles. The Morgan fingerprint density at radius 3 is 2.35 bits per heavy atom. The highest BCUT2D eigenvalue weighted by molar-refractivity contribution is 9.25. The zero-order valence-corrected chi connectivity index (χ0v) is 17.8. The number of rotatable bonds is 6. The summed E-state index contributed by atoms with van der Waals surface area (Å²) in [6, 6.07) is 11.8. The summed E-state index contributed by atoms with van der Waals surface area (Å²) in [5, 5.41) is 9.81. The standard InChI is InChI=1S/C19H21Br2NO4/c1-24-17-9-13-7-8-22(12-15(13)10-18(17)25-2)11-14-5-3-4-6-16(14)26-19(20,21)23/h3-6,9-10,23H,7-8,11-12H2,1-2H3. The van der Waals surface area contributed by atoms with E-state index in [2.05, 4.69) is 48.9 Å². The van der Waals surface area contributed by atoms with Crippen molar-refractivity contribution in [3.63, 3.8) is 0 Å². The molecular weight excluding hydrogens is 466 g/mol. The quantitative estimate of drug-likeness (QED) is 0.493. The molecule has 1 heterocycles. The number of alkyl halides is 2. The van der Waals surface area contributed by atoms with E-state index in [0.29, 0.717) is 5.75 Å². The van der Waals surface area contributed by atoms with Crippen LogP contribution in [0.25, 0.3) is 0 Å². The second-order valence-corrected chi connectivity index (χ2v) is 9.35. The van der Waals surface area contributed by atoms with E-state index in [1.807, 2.05) is 24.3 Å². The molecule has 26 heavy (non-hydrogen) atoms. The molecule has 140 valence electrons. The number of methoxy groups -OCH3 is 2. The van der Waals surface area contributed by atoms with Gasteiger partial charge >= 0.3 is 3.61 Å². The lowest BCUT2D eigenvalue weighted by Gasteiger charge is -2.30. The number of halogens is 2. The van der Waals surface area contributed by atoms with E-state index < -0.39 is 3.61 Å². The monoisotopic (exact) mass is 485 g/mol. The first-order valence-corrected chi connectivity index (χ1v) is 9.81. The van der Waals surface area contributed by atoms with E-state index >= 15 is 0 Å². The first kappa shape index (κ1) is 19.5. The van der Waals surface area contributed by atoms with Crippen LogP contribution >= 0.6 is 31.9 Å². The summed E-state index contributed by atoms with van der Waals surface area (Å²) in [5.41, 5.74) is 3.54. The van der Waals surface area contributed by atoms with E-state index in [-0.39, 0.29) is 0 Å². The van der Waals surface area contributed by atoms with Crippen molar-refractivity contribution in [2.45, 2.75) is 23.1 Å². The topological polar surface area (TPSA) is 51.2 Å². The maximum absolute atomic E-state index is 9.81. The van der Waals surface area contributed by atoms with Gasteiger partial charge < -0.3 is 19.3 Å². The van der Waals surface area contributed by atoms with Crippen molar-refractivity contribution < 1.29 is 19.3 Å². The summed E-state index contributed by atoms with van der Waals surface area (Å²) >= 11 is 6.07. The Bertz CT molecular complexity index is 777. The fourth-order valence-electron chi connectivity index (χ4n) is 3.18. The van der Waals surface area contributed by atoms with E-state index in [9.17, 15) is 5.11 Å². The van der Waals surface area contributed by atoms with Gasteiger partial charge in [0.1, 0.15) is 5.75 Å². The number of para-hydroxylation sites is 1. The van der Waals surface area contributed by atoms with Crippen molar-refractivity contribution in [3.05, 3.63) is 53.1 Å². The third-order valence-corrected chi connectivity index (χ3v) is 4.72. The molecule has 0 atom stereocenters. The van der Waals surface area contributed by atoms with Crippen LogP contribution in [0.15, 0.2) is 36.4 Å². The third-order valence-electron chi connectivity index (χ3n) is 4.40. The van der Waals surface area contributed by atoms with E-state index in [1.165, 1.54) is 11.1 Å². The predicted molar refractivity (Wildman–Crippen MR) is 107 cm³/mol. The highest BCUT2D eigenvalue weighted by Gasteiger charge is 2.23. The Morgan fingerprint density at radius 2 is 1.69 bits per heavy atom. The van der Waals surface area contributed by atoms with Crippen molar-refractivity contribution in [2.24, 2.45) is 0 Å². The molecule has 1 N–H and O–H groups in total. The number of benzene rings is 2. The van der Waals surface area contributed by atoms with E-state index in [4.69, 9.17) is 14.2 Å². The van der Waals surface area contributed by atoms with Crippen molar-refractivity contribution in [1.29, 1.82) is 0 Å². The van der Waals surface area contributed by atoms with Gasteiger partial charge in [0.05, 0.1) is 14.2 Å². The fraction of sp³-hybridized carbons (Fsp3) is 0.368. The lowest BCUT2D eigenvalue weighted by atomic mass is 9.98. The second kappa shape index (κ2) is 8.17. The van der Waals surface area contributed by atoms with E-state index in [0.717, 1.165) is 43.1 Å². The molecule has 1 aliphatic heterocycles. The van der Waals surface area contributed by atoms with Crippen molar-refractivity contribution in [3.8, 4) is 17.2 Å². The highest BCUT2D eigenvalue weighted by atomic mass is 79.9. The zero-order chi connectivity index (χ0) is 18.7. The molecule has 0 bridgehead atoms. The molecular formula is C19H21Br2NO4. The Morgan fingerprint density at radius 1 is 1.04 bits per heavy atom. The van der Waals surface area contributed by atoms with Gasteiger partial charge in [-0.2, -0.15) is 0 Å². The summed E-state index contributed by atoms with van der Waals surface area (Å²) in [7, 11) is 3.31. The largest absolute Gasteiger partial charge is 0.493 e. The van der Waals surface area contributed by atoms with Crippen LogP contribution in [0.3, 0.4) is 0 Å². The van der Waals surface area contributed by atoms with Crippen LogP contribution in [0.1, 0.15) is 16.7 Å². The van der Waals surface area contributed by atoms with Crippen LogP contribution in [0, 0.1) is 0 Å². The smallest absolute Gasteiger partial charge is 0.324 e. The first-order valence-electron chi connectivity index (χ1n) is 8.23. The number of hydrogen-bond acceptors (Lipinski definition) is 5. The molecule has 1 aliphatic rings. The minimum Gasteiger partial charge on any atom is -0.493 e. The lowest BCUT2D eigenvalue weighted by molar-refractivity contribution is 0.0414. The normalized spacial score (nSPS) is 14.7. The van der Waals surface area contributed by atoms with Gasteiger partial charge in [-0.05, 0) is 35.7 Å². The Balaban J connectivity index is 1.78. The van der Waals surface area contributed by atoms with E-state index in [1.54, 1.807) is 14.2 Å². The van der Waals surface area contributed by atoms with Gasteiger partial charge in [0, 0.05) is 57.1 Å². The molecule has 0 radical (unpaired) electrons. The Kier molecular flexibility index (Phi) is 6.12. The molecule has 0 saturated carbocycles. The molecule has 0 amide bonds. The van der Waals surface area contributed by atoms with Crippen molar-refractivity contribution in [1.82, 2.24) is 4.90 Å². The SMILES string of the molecule is COc1cc2c(cc1OC)CN(Cc1ccccc1OC(O)(Br)Br)CC2. The number of nitrogens with zero attached hydrogens (tertiary/aromatic N) is 1. The molecule has 2 aromatic rings. The summed E-state index contributed by atoms with van der Waals surface area (Å²) in [4.78, 5) is 2.35. The molecule has 0 fully saturated rings. The first-order chi connectivity index (χ1) is 12.4. The fourth-order valence-corrected chi connectivity index (χ4v) is 3.53. The second-order valence-electron chi connectivity index (χ2n) is 6.13. The van der Waals surface area contributed by atoms with Crippen LogP contribution in [0.2, 0.25) is 0 Å². The summed E-state index contributed by atoms with van der Waals surface area (Å²) in [5.74, 6) is 2.15. The summed E-state index contributed by atoms with van der Waals surface area (Å²) in [6.45, 7) is 2.47. The number of ether oxygens (including phenoxy) is 3. The molecule has 5 nitrogen and oxygen atoms in total. The Hall–Kier alpha value is -1.28. The van der Waals surface area contributed by atoms with Gasteiger partial charge in [-0.25, -0.2) is 0 Å². The molecule has 0 unspecified atom stereocenters. The summed E-state index contributed by atoms with van der Waals surface area (Å²) < 4.78 is 14.8. The van der Waals surface area contributed by atoms with Gasteiger partial charge in [0.15, 0.2) is 11.5 Å². The van der Waals surface area contributed by atoms with Crippen molar-refractivity contribution >= 4 is 31.9 Å². The van der Waals surface area contributed by atoms with Crippen LogP contribution in [0.4, 0.5) is 0 Å². The average molecular weight is 487 g/mol. The maximum Gasteiger partial charge on any atom is 0.324 e. The predicted octanol–water partition coefficient (Wildman–Crippen LogP) is 4.03. The van der Waals surface area contributed by atoms with Gasteiger partial charge in [0.25, 0.3) is 0 Å². The van der Waals surface area contributed by atoms with Crippen molar-refractivity contribution in [2.75, 3.05) is 20.8 Å². The molecule has 0 aromatic heterocycles. The minimum absolute atomic E-state index is 0.627. The molecule has 7 heteroatoms. The maximum atomic E-state index is 9.81. The van der Waals surface area contributed by atoms with Crippen LogP contribution in [0.5, 0.6) is 17.2 Å². The summed E-state index contributed by atoms with van der Waals surface area (Å²) in [6.07, 6.45) is 0.944. The Labute approximate surface area is 170 Å². The average Bonchev–Trinajstić information content (AvgIpc) is 2.61. The zero-order valence-electron chi connectivity index (χ0n) is 14.7. The molecule has 0 saturated heterocycles. The van der Waals surface area contributed by atoms with Gasteiger partial charge in [-0.3, -0.25) is 4.90 Å². The minimum atomic E-state index is -1.57. The number of aliphatic hydroxyl groups is 1. The highest BCUT2D eigenvalue weighted by Crippen LogP contribution is 2.35. The van der Waals surface area contributed by atoms with Gasteiger partial charge in [-0.15, -0.1) is 0 Å². The number of fused-ring (bicyclic) bond motifs is 1. The molecule has 3 rings (SSSR count). The van der Waals surface area contributed by atoms with Crippen LogP contribution in [-0.4, -0.2) is 34.4 Å². The third kappa shape index (κ3) is 4.71. The lowest BCUT2D eigenvalue weighted by Crippen LogP contribution is -2.30. The number of hydrogen-bond donors (Lipinski definition) is 1. The van der Waals surface area contributed by atoms with Gasteiger partial charge in [-0.1, -0.05) is 18.2 Å². The van der Waals surface area contributed by atoms with Crippen LogP contribution < -0.4 is 14.2 Å². The van der Waals surface area contributed by atoms with Crippen LogP contribution in [-0.2, 0) is 19.5 Å². The molecule has 0 spiro atoms. The molecule has 0 aliphatic carbocycles.